The van der Waals surface area contributed by atoms with E-state index >= 15 is 0 Å². The number of hydrazine groups is 1. The van der Waals surface area contributed by atoms with Crippen molar-refractivity contribution in [3.63, 3.8) is 0 Å². The van der Waals surface area contributed by atoms with Crippen molar-refractivity contribution in [2.45, 2.75) is 6.10 Å². The van der Waals surface area contributed by atoms with Crippen LogP contribution in [0.25, 0.3) is 0 Å². The number of aliphatic hydroxyl groups is 1. The monoisotopic (exact) mass is 114 g/mol. The van der Waals surface area contributed by atoms with Gasteiger partial charge in [-0.1, -0.05) is 0 Å². The molecule has 1 saturated carbocycles. The van der Waals surface area contributed by atoms with Gasteiger partial charge in [0.1, 0.15) is 0 Å². The predicted molar refractivity (Wildman–Crippen MR) is 28.7 cm³/mol. The maximum absolute atomic E-state index is 8.98. The number of hydrogen-bond acceptors (Lipinski definition) is 3. The van der Waals surface area contributed by atoms with Crippen LogP contribution < -0.4 is 5.84 Å². The van der Waals surface area contributed by atoms with E-state index in [-0.39, 0.29) is 6.10 Å². The Hall–Kier alpha value is -0.120. The fourth-order valence-electron chi connectivity index (χ4n) is 1.53. The number of aliphatic hydroxyl groups excluding tert-OH is 1. The Morgan fingerprint density at radius 1 is 1.38 bits per heavy atom. The first kappa shape index (κ1) is 4.73. The summed E-state index contributed by atoms with van der Waals surface area (Å²) in [5, 5.41) is 10.8. The molecule has 0 spiro atoms. The Bertz CT molecular complexity index is 105. The molecule has 1 unspecified atom stereocenters. The second-order valence-electron chi connectivity index (χ2n) is 2.77. The average Bonchev–Trinajstić information content (AvgIpc) is 2.29. The Labute approximate surface area is 48.1 Å². The second kappa shape index (κ2) is 1.23. The first-order valence-corrected chi connectivity index (χ1v) is 2.97. The number of piperidine rings is 1. The molecule has 8 heavy (non-hydrogen) atoms. The lowest BCUT2D eigenvalue weighted by atomic mass is 10.4. The van der Waals surface area contributed by atoms with Gasteiger partial charge in [0, 0.05) is 24.9 Å². The highest BCUT2D eigenvalue weighted by Gasteiger charge is 2.54. The van der Waals surface area contributed by atoms with Gasteiger partial charge in [-0.25, -0.2) is 5.01 Å². The second-order valence-corrected chi connectivity index (χ2v) is 2.77. The standard InChI is InChI=1S/C5H10N2O/c6-7-1-3-4(2-7)5(3)8/h3-5,8H,1-2,6H2/t3-,4+,5?. The number of nitrogens with two attached hydrogens (primary N) is 1. The summed E-state index contributed by atoms with van der Waals surface area (Å²) in [5.41, 5.74) is 0. The minimum absolute atomic E-state index is 0.0187. The molecular weight excluding hydrogens is 104 g/mol. The highest BCUT2D eigenvalue weighted by molar-refractivity contribution is 5.04. The summed E-state index contributed by atoms with van der Waals surface area (Å²) >= 11 is 0. The molecule has 1 saturated heterocycles. The molecule has 1 heterocycles. The third-order valence-corrected chi connectivity index (χ3v) is 2.18. The third kappa shape index (κ3) is 0.438. The van der Waals surface area contributed by atoms with E-state index in [1.807, 2.05) is 0 Å². The normalized spacial score (nSPS) is 54.0. The average molecular weight is 114 g/mol. The summed E-state index contributed by atoms with van der Waals surface area (Å²) in [7, 11) is 0. The number of hydrogen-bond donors (Lipinski definition) is 2. The van der Waals surface area contributed by atoms with Crippen LogP contribution in [0.15, 0.2) is 0 Å². The van der Waals surface area contributed by atoms with Crippen LogP contribution in [0.1, 0.15) is 0 Å². The van der Waals surface area contributed by atoms with E-state index in [0.717, 1.165) is 13.1 Å². The zero-order valence-electron chi connectivity index (χ0n) is 4.62. The Kier molecular flexibility index (Phi) is 0.730. The summed E-state index contributed by atoms with van der Waals surface area (Å²) in [6, 6.07) is 0. The van der Waals surface area contributed by atoms with Crippen molar-refractivity contribution >= 4 is 0 Å². The molecule has 0 amide bonds. The topological polar surface area (TPSA) is 49.5 Å². The van der Waals surface area contributed by atoms with Crippen molar-refractivity contribution in [2.75, 3.05) is 13.1 Å². The van der Waals surface area contributed by atoms with Crippen molar-refractivity contribution in [2.24, 2.45) is 17.7 Å². The smallest absolute Gasteiger partial charge is 0.0630 e. The number of nitrogens with zero attached hydrogens (tertiary/aromatic N) is 1. The minimum atomic E-state index is -0.0187. The maximum atomic E-state index is 8.98. The molecule has 3 atom stereocenters. The van der Waals surface area contributed by atoms with Crippen LogP contribution in [0.2, 0.25) is 0 Å². The zero-order chi connectivity index (χ0) is 5.72. The molecule has 0 aromatic carbocycles. The summed E-state index contributed by atoms with van der Waals surface area (Å²) < 4.78 is 0. The minimum Gasteiger partial charge on any atom is -0.392 e. The van der Waals surface area contributed by atoms with E-state index in [9.17, 15) is 0 Å². The molecule has 2 fully saturated rings. The molecule has 3 nitrogen and oxygen atoms in total. The van der Waals surface area contributed by atoms with Gasteiger partial charge in [-0.2, -0.15) is 0 Å². The molecule has 0 bridgehead atoms. The molecule has 1 aliphatic carbocycles. The molecule has 0 radical (unpaired) electrons. The van der Waals surface area contributed by atoms with Gasteiger partial charge in [0.05, 0.1) is 6.10 Å². The lowest BCUT2D eigenvalue weighted by molar-refractivity contribution is 0.190. The molecule has 46 valence electrons. The third-order valence-electron chi connectivity index (χ3n) is 2.18. The van der Waals surface area contributed by atoms with Crippen LogP contribution in [0.5, 0.6) is 0 Å². The largest absolute Gasteiger partial charge is 0.392 e. The van der Waals surface area contributed by atoms with E-state index in [0.29, 0.717) is 11.8 Å². The Morgan fingerprint density at radius 2 is 1.88 bits per heavy atom. The molecular formula is C5H10N2O. The highest BCUT2D eigenvalue weighted by Crippen LogP contribution is 2.43. The van der Waals surface area contributed by atoms with Crippen LogP contribution in [-0.2, 0) is 0 Å². The van der Waals surface area contributed by atoms with Gasteiger partial charge in [0.2, 0.25) is 0 Å². The zero-order valence-corrected chi connectivity index (χ0v) is 4.62. The van der Waals surface area contributed by atoms with Crippen LogP contribution in [0.3, 0.4) is 0 Å². The Morgan fingerprint density at radius 3 is 2.25 bits per heavy atom. The van der Waals surface area contributed by atoms with Gasteiger partial charge in [0.25, 0.3) is 0 Å². The number of rotatable bonds is 0. The van der Waals surface area contributed by atoms with Gasteiger partial charge in [-0.05, 0) is 0 Å². The molecule has 0 aromatic rings. The quantitative estimate of drug-likeness (QED) is 0.388. The van der Waals surface area contributed by atoms with Gasteiger partial charge >= 0.3 is 0 Å². The van der Waals surface area contributed by atoms with E-state index < -0.39 is 0 Å². The predicted octanol–water partition coefficient (Wildman–Crippen LogP) is -1.22. The van der Waals surface area contributed by atoms with E-state index in [1.54, 1.807) is 5.01 Å². The lowest BCUT2D eigenvalue weighted by Crippen LogP contribution is -2.31. The van der Waals surface area contributed by atoms with Gasteiger partial charge in [-0.15, -0.1) is 0 Å². The van der Waals surface area contributed by atoms with Crippen LogP contribution in [0.4, 0.5) is 0 Å². The van der Waals surface area contributed by atoms with Gasteiger partial charge < -0.3 is 5.11 Å². The summed E-state index contributed by atoms with van der Waals surface area (Å²) in [6.45, 7) is 1.79. The van der Waals surface area contributed by atoms with Gasteiger partial charge in [-0.3, -0.25) is 5.84 Å². The van der Waals surface area contributed by atoms with Crippen molar-refractivity contribution in [1.82, 2.24) is 5.01 Å². The van der Waals surface area contributed by atoms with Crippen LogP contribution in [0, 0.1) is 11.8 Å². The first-order chi connectivity index (χ1) is 3.79. The van der Waals surface area contributed by atoms with Crippen molar-refractivity contribution < 1.29 is 5.11 Å². The van der Waals surface area contributed by atoms with Crippen molar-refractivity contribution in [3.05, 3.63) is 0 Å². The SMILES string of the molecule is NN1C[C@@H]2C(O)[C@@H]2C1. The molecule has 3 heteroatoms. The summed E-state index contributed by atoms with van der Waals surface area (Å²) in [4.78, 5) is 0. The number of fused-ring (bicyclic) bond motifs is 1. The summed E-state index contributed by atoms with van der Waals surface area (Å²) in [6.07, 6.45) is -0.0187. The highest BCUT2D eigenvalue weighted by atomic mass is 16.3. The lowest BCUT2D eigenvalue weighted by Gasteiger charge is -2.08. The van der Waals surface area contributed by atoms with Crippen LogP contribution >= 0.6 is 0 Å². The van der Waals surface area contributed by atoms with Gasteiger partial charge in [0.15, 0.2) is 0 Å². The molecule has 1 aliphatic heterocycles. The summed E-state index contributed by atoms with van der Waals surface area (Å²) in [5.74, 6) is 6.47. The fourth-order valence-corrected chi connectivity index (χ4v) is 1.53. The van der Waals surface area contributed by atoms with Crippen molar-refractivity contribution in [1.29, 1.82) is 0 Å². The van der Waals surface area contributed by atoms with E-state index in [1.165, 1.54) is 0 Å². The maximum Gasteiger partial charge on any atom is 0.0630 e. The molecule has 0 aromatic heterocycles. The van der Waals surface area contributed by atoms with E-state index in [4.69, 9.17) is 10.9 Å². The Balaban J connectivity index is 2.00. The first-order valence-electron chi connectivity index (χ1n) is 2.97. The van der Waals surface area contributed by atoms with Crippen molar-refractivity contribution in [3.8, 4) is 0 Å². The molecule has 2 rings (SSSR count). The fraction of sp³-hybridized carbons (Fsp3) is 1.00. The van der Waals surface area contributed by atoms with E-state index in [2.05, 4.69) is 0 Å². The van der Waals surface area contributed by atoms with Crippen LogP contribution in [-0.4, -0.2) is 29.3 Å². The molecule has 2 aliphatic rings. The molecule has 3 N–H and O–H groups in total.